The van der Waals surface area contributed by atoms with Crippen molar-refractivity contribution < 1.29 is 15.0 Å². The van der Waals surface area contributed by atoms with Gasteiger partial charge in [0.2, 0.25) is 0 Å². The van der Waals surface area contributed by atoms with Gasteiger partial charge < -0.3 is 10.2 Å². The third-order valence-corrected chi connectivity index (χ3v) is 3.99. The van der Waals surface area contributed by atoms with E-state index in [1.165, 1.54) is 30.3 Å². The Morgan fingerprint density at radius 2 is 1.82 bits per heavy atom. The third-order valence-electron chi connectivity index (χ3n) is 3.13. The summed E-state index contributed by atoms with van der Waals surface area (Å²) in [6.07, 6.45) is 0. The molecule has 0 aliphatic rings. The number of hydrogen-bond donors (Lipinski definition) is 3. The molecule has 1 aromatic heterocycles. The van der Waals surface area contributed by atoms with Gasteiger partial charge in [-0.3, -0.25) is 19.4 Å². The Kier molecular flexibility index (Phi) is 3.26. The lowest BCUT2D eigenvalue weighted by molar-refractivity contribution is 0.103. The summed E-state index contributed by atoms with van der Waals surface area (Å²) in [6.45, 7) is 0. The van der Waals surface area contributed by atoms with Gasteiger partial charge in [-0.05, 0) is 30.3 Å². The van der Waals surface area contributed by atoms with Gasteiger partial charge in [0.15, 0.2) is 5.78 Å². The maximum atomic E-state index is 12.4. The van der Waals surface area contributed by atoms with Crippen LogP contribution < -0.4 is 10.4 Å². The Labute approximate surface area is 126 Å². The number of ketones is 1. The molecule has 0 saturated carbocycles. The number of H-pyrrole nitrogens is 1. The summed E-state index contributed by atoms with van der Waals surface area (Å²) in [5.41, 5.74) is -0.356. The van der Waals surface area contributed by atoms with Crippen LogP contribution in [0.2, 0.25) is 0 Å². The standard InChI is InChI=1S/C15H9NO5S/c17-8-2-3-9(11(18)6-8)13(19)7-1-4-12-10(5-7)14(20)16-15(21)22-12/h1-6,17-18H,(H,16,20,21). The highest BCUT2D eigenvalue weighted by molar-refractivity contribution is 7.15. The zero-order valence-corrected chi connectivity index (χ0v) is 11.8. The van der Waals surface area contributed by atoms with E-state index in [0.717, 1.165) is 17.4 Å². The number of aromatic hydroxyl groups is 2. The van der Waals surface area contributed by atoms with Crippen LogP contribution in [0.4, 0.5) is 0 Å². The number of aromatic amines is 1. The minimum absolute atomic E-state index is 0.0118. The second-order valence-electron chi connectivity index (χ2n) is 4.59. The normalized spacial score (nSPS) is 10.7. The van der Waals surface area contributed by atoms with Gasteiger partial charge in [0.1, 0.15) is 11.5 Å². The summed E-state index contributed by atoms with van der Waals surface area (Å²) < 4.78 is 0.472. The highest BCUT2D eigenvalue weighted by Gasteiger charge is 2.15. The van der Waals surface area contributed by atoms with Crippen molar-refractivity contribution in [1.82, 2.24) is 4.98 Å². The Morgan fingerprint density at radius 3 is 2.55 bits per heavy atom. The number of phenols is 2. The fourth-order valence-electron chi connectivity index (χ4n) is 2.09. The quantitative estimate of drug-likeness (QED) is 0.622. The number of rotatable bonds is 2. The van der Waals surface area contributed by atoms with E-state index in [1.54, 1.807) is 0 Å². The van der Waals surface area contributed by atoms with Crippen molar-refractivity contribution in [2.24, 2.45) is 0 Å². The fourth-order valence-corrected chi connectivity index (χ4v) is 2.83. The van der Waals surface area contributed by atoms with E-state index in [-0.39, 0.29) is 28.0 Å². The molecule has 3 N–H and O–H groups in total. The van der Waals surface area contributed by atoms with Crippen molar-refractivity contribution in [3.8, 4) is 11.5 Å². The SMILES string of the molecule is O=C(c1ccc2sc(=O)[nH]c(=O)c2c1)c1ccc(O)cc1O. The zero-order valence-electron chi connectivity index (χ0n) is 11.0. The van der Waals surface area contributed by atoms with E-state index < -0.39 is 16.2 Å². The molecule has 0 spiro atoms. The van der Waals surface area contributed by atoms with Crippen molar-refractivity contribution in [3.05, 3.63) is 67.5 Å². The lowest BCUT2D eigenvalue weighted by Crippen LogP contribution is -2.16. The molecule has 0 aliphatic carbocycles. The van der Waals surface area contributed by atoms with Crippen LogP contribution in [-0.4, -0.2) is 21.0 Å². The second kappa shape index (κ2) is 5.12. The van der Waals surface area contributed by atoms with Crippen molar-refractivity contribution in [1.29, 1.82) is 0 Å². The molecule has 0 bridgehead atoms. The van der Waals surface area contributed by atoms with Crippen molar-refractivity contribution in [3.63, 3.8) is 0 Å². The first kappa shape index (κ1) is 14.0. The van der Waals surface area contributed by atoms with Crippen LogP contribution in [0.1, 0.15) is 15.9 Å². The van der Waals surface area contributed by atoms with E-state index in [0.29, 0.717) is 4.70 Å². The molecule has 0 fully saturated rings. The summed E-state index contributed by atoms with van der Waals surface area (Å²) in [4.78, 5) is 37.1. The molecular formula is C15H9NO5S. The van der Waals surface area contributed by atoms with Crippen molar-refractivity contribution in [2.45, 2.75) is 0 Å². The van der Waals surface area contributed by atoms with Gasteiger partial charge in [-0.2, -0.15) is 0 Å². The molecule has 0 aliphatic heterocycles. The van der Waals surface area contributed by atoms with Crippen LogP contribution in [0.15, 0.2) is 46.0 Å². The molecule has 0 saturated heterocycles. The Bertz CT molecular complexity index is 1020. The van der Waals surface area contributed by atoms with E-state index in [2.05, 4.69) is 4.98 Å². The monoisotopic (exact) mass is 315 g/mol. The molecule has 3 rings (SSSR count). The molecule has 3 aromatic rings. The Hall–Kier alpha value is -2.93. The predicted octanol–water partition coefficient (Wildman–Crippen LogP) is 1.59. The second-order valence-corrected chi connectivity index (χ2v) is 5.60. The lowest BCUT2D eigenvalue weighted by Gasteiger charge is -2.05. The number of hydrogen-bond acceptors (Lipinski definition) is 6. The maximum absolute atomic E-state index is 12.4. The molecule has 0 atom stereocenters. The molecule has 0 radical (unpaired) electrons. The predicted molar refractivity (Wildman–Crippen MR) is 81.9 cm³/mol. The van der Waals surface area contributed by atoms with Crippen LogP contribution in [-0.2, 0) is 0 Å². The topological polar surface area (TPSA) is 107 Å². The maximum Gasteiger partial charge on any atom is 0.307 e. The first-order chi connectivity index (χ1) is 10.5. The van der Waals surface area contributed by atoms with Crippen LogP contribution in [0.5, 0.6) is 11.5 Å². The fraction of sp³-hybridized carbons (Fsp3) is 0. The molecule has 0 unspecified atom stereocenters. The van der Waals surface area contributed by atoms with Crippen molar-refractivity contribution >= 4 is 27.2 Å². The Balaban J connectivity index is 2.16. The number of benzene rings is 2. The van der Waals surface area contributed by atoms with E-state index in [9.17, 15) is 24.6 Å². The minimum atomic E-state index is -0.566. The van der Waals surface area contributed by atoms with Gasteiger partial charge >= 0.3 is 4.87 Å². The summed E-state index contributed by atoms with van der Waals surface area (Å²) >= 11 is 0.872. The van der Waals surface area contributed by atoms with Crippen LogP contribution in [0, 0.1) is 0 Å². The van der Waals surface area contributed by atoms with Gasteiger partial charge in [0, 0.05) is 16.3 Å². The number of carbonyl (C=O) groups excluding carboxylic acids is 1. The summed E-state index contributed by atoms with van der Waals surface area (Å²) in [6, 6.07) is 8.01. The first-order valence-corrected chi connectivity index (χ1v) is 7.01. The third kappa shape index (κ3) is 2.38. The largest absolute Gasteiger partial charge is 0.508 e. The summed E-state index contributed by atoms with van der Waals surface area (Å²) in [5.74, 6) is -1.000. The highest BCUT2D eigenvalue weighted by Crippen LogP contribution is 2.26. The van der Waals surface area contributed by atoms with Gasteiger partial charge in [-0.1, -0.05) is 11.3 Å². The first-order valence-electron chi connectivity index (χ1n) is 6.19. The van der Waals surface area contributed by atoms with Crippen LogP contribution >= 0.6 is 11.3 Å². The Morgan fingerprint density at radius 1 is 1.05 bits per heavy atom. The van der Waals surface area contributed by atoms with Crippen LogP contribution in [0.3, 0.4) is 0 Å². The number of carbonyl (C=O) groups is 1. The van der Waals surface area contributed by atoms with Gasteiger partial charge in [-0.15, -0.1) is 0 Å². The van der Waals surface area contributed by atoms with E-state index in [4.69, 9.17) is 0 Å². The molecule has 1 heterocycles. The van der Waals surface area contributed by atoms with Crippen LogP contribution in [0.25, 0.3) is 10.1 Å². The van der Waals surface area contributed by atoms with Gasteiger partial charge in [-0.25, -0.2) is 0 Å². The molecule has 7 heteroatoms. The average molecular weight is 315 g/mol. The summed E-state index contributed by atoms with van der Waals surface area (Å²) in [5, 5.41) is 19.2. The minimum Gasteiger partial charge on any atom is -0.508 e. The molecule has 22 heavy (non-hydrogen) atoms. The number of phenolic OH excluding ortho intramolecular Hbond substituents is 2. The van der Waals surface area contributed by atoms with Gasteiger partial charge in [0.25, 0.3) is 5.56 Å². The molecule has 110 valence electrons. The van der Waals surface area contributed by atoms with E-state index in [1.807, 2.05) is 0 Å². The van der Waals surface area contributed by atoms with Gasteiger partial charge in [0.05, 0.1) is 10.9 Å². The molecule has 6 nitrogen and oxygen atoms in total. The average Bonchev–Trinajstić information content (AvgIpc) is 2.46. The molecule has 0 amide bonds. The van der Waals surface area contributed by atoms with Crippen molar-refractivity contribution in [2.75, 3.05) is 0 Å². The highest BCUT2D eigenvalue weighted by atomic mass is 32.1. The summed E-state index contributed by atoms with van der Waals surface area (Å²) in [7, 11) is 0. The number of aromatic nitrogens is 1. The number of nitrogens with one attached hydrogen (secondary N) is 1. The smallest absolute Gasteiger partial charge is 0.307 e. The molecule has 2 aromatic carbocycles. The number of fused-ring (bicyclic) bond motifs is 1. The lowest BCUT2D eigenvalue weighted by atomic mass is 10.0. The zero-order chi connectivity index (χ0) is 15.9. The molecular weight excluding hydrogens is 306 g/mol. The van der Waals surface area contributed by atoms with E-state index >= 15 is 0 Å².